The molecule has 2 aromatic rings. The van der Waals surface area contributed by atoms with Crippen LogP contribution in [-0.4, -0.2) is 60.2 Å². The lowest BCUT2D eigenvalue weighted by molar-refractivity contribution is -0.134. The van der Waals surface area contributed by atoms with Crippen molar-refractivity contribution in [2.45, 2.75) is 12.1 Å². The van der Waals surface area contributed by atoms with Crippen LogP contribution in [0.25, 0.3) is 5.69 Å². The molecule has 3 rings (SSSR count). The highest BCUT2D eigenvalue weighted by Crippen LogP contribution is 2.12. The Morgan fingerprint density at radius 1 is 1.19 bits per heavy atom. The Labute approximate surface area is 156 Å². The summed E-state index contributed by atoms with van der Waals surface area (Å²) in [7, 11) is 1.46. The standard InChI is InChI=1S/C19H22N4O4/c1-27-12-18(25)22-10-15(20)16(11-22)21-19(26)13-5-7-14(8-6-13)23-9-3-2-4-17(23)24/h2-9,15-16H,10-12,20H2,1H3,(H,21,26). The molecule has 27 heavy (non-hydrogen) atoms. The number of amides is 2. The smallest absolute Gasteiger partial charge is 0.255 e. The molecule has 2 atom stereocenters. The van der Waals surface area contributed by atoms with E-state index in [0.717, 1.165) is 0 Å². The van der Waals surface area contributed by atoms with Gasteiger partial charge in [0.15, 0.2) is 0 Å². The zero-order chi connectivity index (χ0) is 19.4. The molecule has 2 heterocycles. The predicted molar refractivity (Wildman–Crippen MR) is 99.7 cm³/mol. The maximum absolute atomic E-state index is 12.5. The number of likely N-dealkylation sites (tertiary alicyclic amines) is 1. The molecule has 1 aromatic heterocycles. The van der Waals surface area contributed by atoms with Crippen molar-refractivity contribution in [2.75, 3.05) is 26.8 Å². The Morgan fingerprint density at radius 3 is 2.59 bits per heavy atom. The van der Waals surface area contributed by atoms with Gasteiger partial charge in [-0.2, -0.15) is 0 Å². The van der Waals surface area contributed by atoms with Crippen LogP contribution in [0.2, 0.25) is 0 Å². The molecule has 8 nitrogen and oxygen atoms in total. The molecule has 1 aromatic carbocycles. The van der Waals surface area contributed by atoms with Gasteiger partial charge in [0, 0.05) is 49.8 Å². The van der Waals surface area contributed by atoms with Gasteiger partial charge < -0.3 is 20.7 Å². The highest BCUT2D eigenvalue weighted by atomic mass is 16.5. The fraction of sp³-hybridized carbons (Fsp3) is 0.316. The van der Waals surface area contributed by atoms with Crippen LogP contribution in [0.15, 0.2) is 53.5 Å². The van der Waals surface area contributed by atoms with Crippen LogP contribution >= 0.6 is 0 Å². The van der Waals surface area contributed by atoms with Crippen molar-refractivity contribution in [3.8, 4) is 5.69 Å². The molecule has 0 aliphatic carbocycles. The van der Waals surface area contributed by atoms with E-state index < -0.39 is 0 Å². The minimum atomic E-state index is -0.336. The molecule has 142 valence electrons. The Balaban J connectivity index is 1.66. The van der Waals surface area contributed by atoms with E-state index in [2.05, 4.69) is 5.32 Å². The first-order chi connectivity index (χ1) is 13.0. The average Bonchev–Trinajstić information content (AvgIpc) is 3.03. The van der Waals surface area contributed by atoms with Crippen molar-refractivity contribution in [1.29, 1.82) is 0 Å². The van der Waals surface area contributed by atoms with E-state index >= 15 is 0 Å². The second kappa shape index (κ2) is 8.15. The van der Waals surface area contributed by atoms with Gasteiger partial charge in [-0.3, -0.25) is 19.0 Å². The summed E-state index contributed by atoms with van der Waals surface area (Å²) >= 11 is 0. The first kappa shape index (κ1) is 18.8. The number of carbonyl (C=O) groups is 2. The maximum Gasteiger partial charge on any atom is 0.255 e. The van der Waals surface area contributed by atoms with Crippen molar-refractivity contribution in [3.05, 3.63) is 64.6 Å². The first-order valence-corrected chi connectivity index (χ1v) is 8.61. The Hall–Kier alpha value is -2.97. The number of carbonyl (C=O) groups excluding carboxylic acids is 2. The number of nitrogens with two attached hydrogens (primary N) is 1. The van der Waals surface area contributed by atoms with E-state index in [9.17, 15) is 14.4 Å². The summed E-state index contributed by atoms with van der Waals surface area (Å²) in [6.07, 6.45) is 1.67. The third-order valence-electron chi connectivity index (χ3n) is 4.53. The number of nitrogens with one attached hydrogen (secondary N) is 1. The summed E-state index contributed by atoms with van der Waals surface area (Å²) in [6, 6.07) is 11.0. The molecule has 0 bridgehead atoms. The van der Waals surface area contributed by atoms with Gasteiger partial charge in [0.05, 0.1) is 6.04 Å². The van der Waals surface area contributed by atoms with Crippen LogP contribution < -0.4 is 16.6 Å². The number of nitrogens with zero attached hydrogens (tertiary/aromatic N) is 2. The summed E-state index contributed by atoms with van der Waals surface area (Å²) in [4.78, 5) is 37.8. The molecule has 1 aliphatic rings. The van der Waals surface area contributed by atoms with Crippen LogP contribution in [0.3, 0.4) is 0 Å². The van der Waals surface area contributed by atoms with Crippen molar-refractivity contribution in [2.24, 2.45) is 5.73 Å². The first-order valence-electron chi connectivity index (χ1n) is 8.61. The lowest BCUT2D eigenvalue weighted by Gasteiger charge is -2.17. The predicted octanol–water partition coefficient (Wildman–Crippen LogP) is -0.248. The summed E-state index contributed by atoms with van der Waals surface area (Å²) < 4.78 is 6.34. The highest BCUT2D eigenvalue weighted by molar-refractivity contribution is 5.94. The minimum absolute atomic E-state index is 0.00625. The van der Waals surface area contributed by atoms with Crippen molar-refractivity contribution >= 4 is 11.8 Å². The highest BCUT2D eigenvalue weighted by Gasteiger charge is 2.33. The van der Waals surface area contributed by atoms with Gasteiger partial charge >= 0.3 is 0 Å². The zero-order valence-electron chi connectivity index (χ0n) is 15.0. The lowest BCUT2D eigenvalue weighted by atomic mass is 10.1. The molecule has 0 spiro atoms. The molecule has 2 unspecified atom stereocenters. The van der Waals surface area contributed by atoms with E-state index in [1.165, 1.54) is 17.7 Å². The van der Waals surface area contributed by atoms with Crippen LogP contribution in [0, 0.1) is 0 Å². The second-order valence-corrected chi connectivity index (χ2v) is 6.43. The molecule has 1 saturated heterocycles. The number of aromatic nitrogens is 1. The monoisotopic (exact) mass is 370 g/mol. The molecule has 0 saturated carbocycles. The lowest BCUT2D eigenvalue weighted by Crippen LogP contribution is -2.46. The maximum atomic E-state index is 12.5. The third kappa shape index (κ3) is 4.24. The Morgan fingerprint density at radius 2 is 1.93 bits per heavy atom. The molecule has 1 aliphatic heterocycles. The fourth-order valence-electron chi connectivity index (χ4n) is 3.07. The van der Waals surface area contributed by atoms with Crippen LogP contribution in [0.5, 0.6) is 0 Å². The van der Waals surface area contributed by atoms with E-state index in [4.69, 9.17) is 10.5 Å². The number of rotatable bonds is 5. The van der Waals surface area contributed by atoms with Crippen molar-refractivity contribution in [1.82, 2.24) is 14.8 Å². The van der Waals surface area contributed by atoms with E-state index in [-0.39, 0.29) is 36.1 Å². The SMILES string of the molecule is COCC(=O)N1CC(N)C(NC(=O)c2ccc(-n3ccccc3=O)cc2)C1. The normalized spacial score (nSPS) is 19.1. The number of pyridine rings is 1. The number of ether oxygens (including phenoxy) is 1. The fourth-order valence-corrected chi connectivity index (χ4v) is 3.07. The minimum Gasteiger partial charge on any atom is -0.375 e. The van der Waals surface area contributed by atoms with Gasteiger partial charge in [-0.15, -0.1) is 0 Å². The van der Waals surface area contributed by atoms with Crippen LogP contribution in [0.1, 0.15) is 10.4 Å². The molecule has 1 fully saturated rings. The molecular weight excluding hydrogens is 348 g/mol. The quantitative estimate of drug-likeness (QED) is 0.755. The van der Waals surface area contributed by atoms with E-state index in [0.29, 0.717) is 24.3 Å². The summed E-state index contributed by atoms with van der Waals surface area (Å²) in [6.45, 7) is 0.725. The number of hydrogen-bond donors (Lipinski definition) is 2. The molecule has 8 heteroatoms. The topological polar surface area (TPSA) is 107 Å². The Kier molecular flexibility index (Phi) is 5.68. The van der Waals surface area contributed by atoms with E-state index in [1.54, 1.807) is 47.5 Å². The zero-order valence-corrected chi connectivity index (χ0v) is 15.0. The largest absolute Gasteiger partial charge is 0.375 e. The number of methoxy groups -OCH3 is 1. The van der Waals surface area contributed by atoms with E-state index in [1.807, 2.05) is 0 Å². The van der Waals surface area contributed by atoms with Crippen LogP contribution in [0.4, 0.5) is 0 Å². The average molecular weight is 370 g/mol. The summed E-state index contributed by atoms with van der Waals surface area (Å²) in [5.74, 6) is -0.425. The molecular formula is C19H22N4O4. The number of benzene rings is 1. The summed E-state index contributed by atoms with van der Waals surface area (Å²) in [5, 5.41) is 2.88. The van der Waals surface area contributed by atoms with Crippen molar-refractivity contribution in [3.63, 3.8) is 0 Å². The molecule has 2 amide bonds. The molecule has 0 radical (unpaired) electrons. The third-order valence-corrected chi connectivity index (χ3v) is 4.53. The van der Waals surface area contributed by atoms with Gasteiger partial charge in [-0.1, -0.05) is 6.07 Å². The Bertz CT molecular complexity index is 878. The van der Waals surface area contributed by atoms with Gasteiger partial charge in [0.25, 0.3) is 11.5 Å². The molecule has 3 N–H and O–H groups in total. The van der Waals surface area contributed by atoms with Gasteiger partial charge in [-0.25, -0.2) is 0 Å². The van der Waals surface area contributed by atoms with Crippen LogP contribution in [-0.2, 0) is 9.53 Å². The summed E-state index contributed by atoms with van der Waals surface area (Å²) in [5.41, 5.74) is 7.04. The number of hydrogen-bond acceptors (Lipinski definition) is 5. The van der Waals surface area contributed by atoms with Gasteiger partial charge in [-0.05, 0) is 30.3 Å². The van der Waals surface area contributed by atoms with Gasteiger partial charge in [0.2, 0.25) is 5.91 Å². The second-order valence-electron chi connectivity index (χ2n) is 6.43. The van der Waals surface area contributed by atoms with Crippen molar-refractivity contribution < 1.29 is 14.3 Å². The van der Waals surface area contributed by atoms with Gasteiger partial charge in [0.1, 0.15) is 6.61 Å².